The van der Waals surface area contributed by atoms with Crippen LogP contribution in [0.3, 0.4) is 0 Å². The van der Waals surface area contributed by atoms with Crippen molar-refractivity contribution in [1.82, 2.24) is 15.5 Å². The molecule has 1 amide bonds. The van der Waals surface area contributed by atoms with Crippen molar-refractivity contribution in [3.63, 3.8) is 0 Å². The normalized spacial score (nSPS) is 15.6. The van der Waals surface area contributed by atoms with Gasteiger partial charge >= 0.3 is 0 Å². The van der Waals surface area contributed by atoms with Crippen molar-refractivity contribution in [3.05, 3.63) is 59.7 Å². The Hall–Kier alpha value is -3.06. The quantitative estimate of drug-likeness (QED) is 0.482. The van der Waals surface area contributed by atoms with Crippen LogP contribution in [0.15, 0.2) is 53.5 Å². The van der Waals surface area contributed by atoms with E-state index in [-0.39, 0.29) is 5.91 Å². The number of nitrogens with one attached hydrogen (secondary N) is 2. The summed E-state index contributed by atoms with van der Waals surface area (Å²) in [5.41, 5.74) is 7.50. The summed E-state index contributed by atoms with van der Waals surface area (Å²) in [6.45, 7) is 4.68. The van der Waals surface area contributed by atoms with Crippen molar-refractivity contribution in [3.8, 4) is 11.5 Å². The molecule has 0 bridgehead atoms. The number of amides is 1. The second-order valence-electron chi connectivity index (χ2n) is 7.61. The van der Waals surface area contributed by atoms with Crippen molar-refractivity contribution >= 4 is 11.9 Å². The maximum absolute atomic E-state index is 11.1. The number of nitrogens with two attached hydrogens (primary N) is 1. The SMILES string of the molecule is CN=C(NCc1ccccc1Oc1cccc(C)c1)NC1CCN(CC(N)=O)CC1. The highest BCUT2D eigenvalue weighted by Crippen LogP contribution is 2.25. The molecular weight excluding hydrogens is 378 g/mol. The molecule has 1 fully saturated rings. The third-order valence-corrected chi connectivity index (χ3v) is 5.17. The number of guanidine groups is 1. The third-order valence-electron chi connectivity index (χ3n) is 5.17. The van der Waals surface area contributed by atoms with Crippen LogP contribution in [-0.2, 0) is 11.3 Å². The highest BCUT2D eigenvalue weighted by molar-refractivity contribution is 5.80. The fraction of sp³-hybridized carbons (Fsp3) is 0.391. The first kappa shape index (κ1) is 21.6. The molecule has 3 rings (SSSR count). The largest absolute Gasteiger partial charge is 0.457 e. The van der Waals surface area contributed by atoms with E-state index in [9.17, 15) is 4.79 Å². The van der Waals surface area contributed by atoms with Crippen molar-refractivity contribution in [2.24, 2.45) is 10.7 Å². The van der Waals surface area contributed by atoms with Gasteiger partial charge in [0, 0.05) is 38.3 Å². The summed E-state index contributed by atoms with van der Waals surface area (Å²) in [5, 5.41) is 6.87. The summed E-state index contributed by atoms with van der Waals surface area (Å²) in [6, 6.07) is 16.3. The van der Waals surface area contributed by atoms with E-state index in [1.54, 1.807) is 7.05 Å². The van der Waals surface area contributed by atoms with Crippen LogP contribution in [0.25, 0.3) is 0 Å². The smallest absolute Gasteiger partial charge is 0.231 e. The van der Waals surface area contributed by atoms with E-state index in [0.29, 0.717) is 19.1 Å². The number of rotatable bonds is 7. The number of piperidine rings is 1. The number of benzene rings is 2. The third kappa shape index (κ3) is 6.49. The lowest BCUT2D eigenvalue weighted by Crippen LogP contribution is -2.49. The number of carbonyl (C=O) groups is 1. The van der Waals surface area contributed by atoms with Gasteiger partial charge in [-0.2, -0.15) is 0 Å². The van der Waals surface area contributed by atoms with Crippen LogP contribution in [0.5, 0.6) is 11.5 Å². The van der Waals surface area contributed by atoms with Gasteiger partial charge in [0.2, 0.25) is 5.91 Å². The molecule has 0 aromatic heterocycles. The van der Waals surface area contributed by atoms with Gasteiger partial charge in [0.1, 0.15) is 11.5 Å². The molecule has 7 heteroatoms. The number of hydrogen-bond donors (Lipinski definition) is 3. The average molecular weight is 410 g/mol. The second-order valence-corrected chi connectivity index (χ2v) is 7.61. The van der Waals surface area contributed by atoms with Crippen molar-refractivity contribution in [2.75, 3.05) is 26.7 Å². The van der Waals surface area contributed by atoms with Gasteiger partial charge in [-0.25, -0.2) is 0 Å². The van der Waals surface area contributed by atoms with E-state index < -0.39 is 0 Å². The molecule has 0 saturated carbocycles. The Morgan fingerprint density at radius 3 is 2.67 bits per heavy atom. The fourth-order valence-corrected chi connectivity index (χ4v) is 3.58. The minimum absolute atomic E-state index is 0.273. The maximum atomic E-state index is 11.1. The number of likely N-dealkylation sites (tertiary alicyclic amines) is 1. The fourth-order valence-electron chi connectivity index (χ4n) is 3.58. The second kappa shape index (κ2) is 10.6. The number of aliphatic imine (C=N–C) groups is 1. The predicted octanol–water partition coefficient (Wildman–Crippen LogP) is 2.40. The molecule has 7 nitrogen and oxygen atoms in total. The highest BCUT2D eigenvalue weighted by atomic mass is 16.5. The van der Waals surface area contributed by atoms with Crippen LogP contribution in [0, 0.1) is 6.92 Å². The van der Waals surface area contributed by atoms with Crippen LogP contribution in [-0.4, -0.2) is 49.5 Å². The Labute approximate surface area is 178 Å². The first-order valence-corrected chi connectivity index (χ1v) is 10.3. The number of aryl methyl sites for hydroxylation is 1. The van der Waals surface area contributed by atoms with Crippen LogP contribution >= 0.6 is 0 Å². The van der Waals surface area contributed by atoms with E-state index in [1.165, 1.54) is 0 Å². The lowest BCUT2D eigenvalue weighted by atomic mass is 10.1. The lowest BCUT2D eigenvalue weighted by Gasteiger charge is -2.32. The van der Waals surface area contributed by atoms with Gasteiger partial charge in [-0.1, -0.05) is 30.3 Å². The zero-order chi connectivity index (χ0) is 21.3. The molecule has 0 atom stereocenters. The number of carbonyl (C=O) groups excluding carboxylic acids is 1. The molecule has 4 N–H and O–H groups in total. The Kier molecular flexibility index (Phi) is 7.68. The van der Waals surface area contributed by atoms with E-state index in [0.717, 1.165) is 54.5 Å². The topological polar surface area (TPSA) is 92.0 Å². The molecule has 30 heavy (non-hydrogen) atoms. The average Bonchev–Trinajstić information content (AvgIpc) is 2.73. The molecule has 1 heterocycles. The van der Waals surface area contributed by atoms with Gasteiger partial charge in [0.25, 0.3) is 0 Å². The molecule has 1 aliphatic heterocycles. The van der Waals surface area contributed by atoms with Gasteiger partial charge < -0.3 is 21.1 Å². The van der Waals surface area contributed by atoms with E-state index in [2.05, 4.69) is 20.5 Å². The molecule has 2 aromatic rings. The first-order valence-electron chi connectivity index (χ1n) is 10.3. The van der Waals surface area contributed by atoms with Gasteiger partial charge in [-0.3, -0.25) is 14.7 Å². The summed E-state index contributed by atoms with van der Waals surface area (Å²) in [5.74, 6) is 2.14. The molecular formula is C23H31N5O2. The minimum atomic E-state index is -0.273. The van der Waals surface area contributed by atoms with Gasteiger partial charge in [0.15, 0.2) is 5.96 Å². The summed E-state index contributed by atoms with van der Waals surface area (Å²) in [6.07, 6.45) is 1.89. The number of ether oxygens (including phenoxy) is 1. The molecule has 2 aromatic carbocycles. The van der Waals surface area contributed by atoms with Crippen LogP contribution in [0.2, 0.25) is 0 Å². The number of hydrogen-bond acceptors (Lipinski definition) is 4. The number of para-hydroxylation sites is 1. The molecule has 1 saturated heterocycles. The minimum Gasteiger partial charge on any atom is -0.457 e. The summed E-state index contributed by atoms with van der Waals surface area (Å²) < 4.78 is 6.11. The molecule has 0 spiro atoms. The van der Waals surface area contributed by atoms with Crippen molar-refractivity contribution in [1.29, 1.82) is 0 Å². The Morgan fingerprint density at radius 2 is 1.97 bits per heavy atom. The van der Waals surface area contributed by atoms with Gasteiger partial charge in [-0.15, -0.1) is 0 Å². The van der Waals surface area contributed by atoms with Gasteiger partial charge in [0.05, 0.1) is 6.54 Å². The Balaban J connectivity index is 1.54. The zero-order valence-electron chi connectivity index (χ0n) is 17.7. The summed E-state index contributed by atoms with van der Waals surface area (Å²) in [7, 11) is 1.77. The molecule has 0 unspecified atom stereocenters. The first-order chi connectivity index (χ1) is 14.5. The molecule has 0 radical (unpaired) electrons. The predicted molar refractivity (Wildman–Crippen MR) is 120 cm³/mol. The zero-order valence-corrected chi connectivity index (χ0v) is 17.7. The lowest BCUT2D eigenvalue weighted by molar-refractivity contribution is -0.119. The van der Waals surface area contributed by atoms with Gasteiger partial charge in [-0.05, 0) is 43.5 Å². The van der Waals surface area contributed by atoms with Crippen molar-refractivity contribution < 1.29 is 9.53 Å². The van der Waals surface area contributed by atoms with Crippen LogP contribution < -0.4 is 21.1 Å². The monoisotopic (exact) mass is 409 g/mol. The molecule has 160 valence electrons. The number of nitrogens with zero attached hydrogens (tertiary/aromatic N) is 2. The molecule has 0 aliphatic carbocycles. The highest BCUT2D eigenvalue weighted by Gasteiger charge is 2.20. The van der Waals surface area contributed by atoms with E-state index >= 15 is 0 Å². The van der Waals surface area contributed by atoms with Crippen molar-refractivity contribution in [2.45, 2.75) is 32.4 Å². The van der Waals surface area contributed by atoms with Crippen LogP contribution in [0.4, 0.5) is 0 Å². The Bertz CT molecular complexity index is 875. The number of primary amides is 1. The summed E-state index contributed by atoms with van der Waals surface area (Å²) in [4.78, 5) is 17.5. The van der Waals surface area contributed by atoms with Crippen LogP contribution in [0.1, 0.15) is 24.0 Å². The Morgan fingerprint density at radius 1 is 1.20 bits per heavy atom. The van der Waals surface area contributed by atoms with E-state index in [4.69, 9.17) is 10.5 Å². The standard InChI is InChI=1S/C23H31N5O2/c1-17-6-5-8-20(14-17)30-21-9-4-3-7-18(21)15-26-23(25-2)27-19-10-12-28(13-11-19)16-22(24)29/h3-9,14,19H,10-13,15-16H2,1-2H3,(H2,24,29)(H2,25,26,27). The maximum Gasteiger partial charge on any atom is 0.231 e. The van der Waals surface area contributed by atoms with E-state index in [1.807, 2.05) is 55.5 Å². The summed E-state index contributed by atoms with van der Waals surface area (Å²) >= 11 is 0. The molecule has 1 aliphatic rings.